The highest BCUT2D eigenvalue weighted by Gasteiger charge is 2.29. The molecule has 0 aromatic carbocycles. The number of nitrogens with one attached hydrogen (secondary N) is 1. The van der Waals surface area contributed by atoms with Crippen LogP contribution in [0.2, 0.25) is 0 Å². The second-order valence-corrected chi connectivity index (χ2v) is 7.09. The zero-order valence-corrected chi connectivity index (χ0v) is 12.2. The molecule has 1 N–H and O–H groups in total. The maximum atomic E-state index is 4.76. The third-order valence-corrected chi connectivity index (χ3v) is 4.46. The van der Waals surface area contributed by atoms with E-state index >= 15 is 0 Å². The van der Waals surface area contributed by atoms with Gasteiger partial charge in [0.2, 0.25) is 0 Å². The summed E-state index contributed by atoms with van der Waals surface area (Å²) in [6.07, 6.45) is 5.19. The normalized spacial score (nSPS) is 18.4. The molecule has 0 spiro atoms. The van der Waals surface area contributed by atoms with Gasteiger partial charge in [-0.2, -0.15) is 0 Å². The van der Waals surface area contributed by atoms with E-state index in [1.807, 2.05) is 11.3 Å². The van der Waals surface area contributed by atoms with E-state index in [0.29, 0.717) is 6.04 Å². The van der Waals surface area contributed by atoms with E-state index in [9.17, 15) is 0 Å². The van der Waals surface area contributed by atoms with Crippen molar-refractivity contribution in [3.8, 4) is 0 Å². The average molecular weight is 252 g/mol. The minimum Gasteiger partial charge on any atom is -0.317 e. The predicted molar refractivity (Wildman–Crippen MR) is 74.7 cm³/mol. The summed E-state index contributed by atoms with van der Waals surface area (Å²) in [5.41, 5.74) is 1.43. The summed E-state index contributed by atoms with van der Waals surface area (Å²) < 4.78 is 0. The highest BCUT2D eigenvalue weighted by atomic mass is 32.1. The number of thiazole rings is 1. The summed E-state index contributed by atoms with van der Waals surface area (Å²) >= 11 is 1.82. The molecule has 1 saturated carbocycles. The van der Waals surface area contributed by atoms with Crippen molar-refractivity contribution in [2.75, 3.05) is 7.05 Å². The van der Waals surface area contributed by atoms with Gasteiger partial charge in [0, 0.05) is 23.3 Å². The van der Waals surface area contributed by atoms with Crippen molar-refractivity contribution >= 4 is 11.3 Å². The molecule has 1 atom stereocenters. The minimum absolute atomic E-state index is 0.188. The molecule has 1 aliphatic carbocycles. The Labute approximate surface area is 109 Å². The fourth-order valence-corrected chi connectivity index (χ4v) is 3.20. The fourth-order valence-electron chi connectivity index (χ4n) is 2.16. The minimum atomic E-state index is 0.188. The topological polar surface area (TPSA) is 24.9 Å². The van der Waals surface area contributed by atoms with Crippen molar-refractivity contribution in [1.82, 2.24) is 10.3 Å². The van der Waals surface area contributed by atoms with Gasteiger partial charge in [-0.05, 0) is 32.2 Å². The van der Waals surface area contributed by atoms with E-state index in [-0.39, 0.29) is 5.41 Å². The largest absolute Gasteiger partial charge is 0.317 e. The first-order valence-corrected chi connectivity index (χ1v) is 7.51. The number of nitrogens with zero attached hydrogens (tertiary/aromatic N) is 1. The monoisotopic (exact) mass is 252 g/mol. The van der Waals surface area contributed by atoms with Gasteiger partial charge in [0.25, 0.3) is 0 Å². The van der Waals surface area contributed by atoms with Crippen LogP contribution >= 0.6 is 11.3 Å². The van der Waals surface area contributed by atoms with Gasteiger partial charge >= 0.3 is 0 Å². The van der Waals surface area contributed by atoms with Crippen molar-refractivity contribution in [3.05, 3.63) is 16.1 Å². The molecule has 1 aliphatic rings. The van der Waals surface area contributed by atoms with Crippen molar-refractivity contribution in [2.24, 2.45) is 5.92 Å². The van der Waals surface area contributed by atoms with Crippen molar-refractivity contribution < 1.29 is 0 Å². The van der Waals surface area contributed by atoms with Crippen LogP contribution in [0.4, 0.5) is 0 Å². The first-order valence-electron chi connectivity index (χ1n) is 6.63. The molecule has 0 saturated heterocycles. The SMILES string of the molecule is CNC(CCc1nc(C(C)(C)C)cs1)C1CC1. The molecule has 3 heteroatoms. The van der Waals surface area contributed by atoms with E-state index in [2.05, 4.69) is 38.5 Å². The summed E-state index contributed by atoms with van der Waals surface area (Å²) in [7, 11) is 2.09. The molecule has 0 bridgehead atoms. The second kappa shape index (κ2) is 5.07. The molecular formula is C14H24N2S. The zero-order valence-electron chi connectivity index (χ0n) is 11.4. The van der Waals surface area contributed by atoms with Crippen LogP contribution in [0.5, 0.6) is 0 Å². The van der Waals surface area contributed by atoms with E-state index in [4.69, 9.17) is 4.98 Å². The number of hydrogen-bond donors (Lipinski definition) is 1. The standard InChI is InChI=1S/C14H24N2S/c1-14(2,3)12-9-17-13(16-12)8-7-11(15-4)10-5-6-10/h9-11,15H,5-8H2,1-4H3. The molecule has 0 aliphatic heterocycles. The maximum Gasteiger partial charge on any atom is 0.0929 e. The first kappa shape index (κ1) is 13.0. The lowest BCUT2D eigenvalue weighted by Crippen LogP contribution is -2.27. The van der Waals surface area contributed by atoms with Crippen LogP contribution in [-0.4, -0.2) is 18.1 Å². The van der Waals surface area contributed by atoms with Gasteiger partial charge in [0.1, 0.15) is 0 Å². The van der Waals surface area contributed by atoms with Crippen molar-refractivity contribution in [1.29, 1.82) is 0 Å². The Morgan fingerprint density at radius 2 is 2.18 bits per heavy atom. The van der Waals surface area contributed by atoms with E-state index in [1.54, 1.807) is 0 Å². The quantitative estimate of drug-likeness (QED) is 0.869. The lowest BCUT2D eigenvalue weighted by molar-refractivity contribution is 0.469. The van der Waals surface area contributed by atoms with Gasteiger partial charge < -0.3 is 5.32 Å². The number of hydrogen-bond acceptors (Lipinski definition) is 3. The Hall–Kier alpha value is -0.410. The summed E-state index contributed by atoms with van der Waals surface area (Å²) in [6.45, 7) is 6.69. The number of aryl methyl sites for hydroxylation is 1. The van der Waals surface area contributed by atoms with Crippen molar-refractivity contribution in [2.45, 2.75) is 57.9 Å². The summed E-state index contributed by atoms with van der Waals surface area (Å²) in [4.78, 5) is 4.76. The molecule has 1 aromatic rings. The summed E-state index contributed by atoms with van der Waals surface area (Å²) in [5, 5.41) is 6.97. The average Bonchev–Trinajstić information content (AvgIpc) is 2.95. The van der Waals surface area contributed by atoms with Crippen LogP contribution in [0.15, 0.2) is 5.38 Å². The smallest absolute Gasteiger partial charge is 0.0929 e. The van der Waals surface area contributed by atoms with Crippen LogP contribution < -0.4 is 5.32 Å². The molecule has 0 radical (unpaired) electrons. The fraction of sp³-hybridized carbons (Fsp3) is 0.786. The van der Waals surface area contributed by atoms with Crippen LogP contribution in [0.25, 0.3) is 0 Å². The highest BCUT2D eigenvalue weighted by molar-refractivity contribution is 7.09. The maximum absolute atomic E-state index is 4.76. The molecule has 17 heavy (non-hydrogen) atoms. The lowest BCUT2D eigenvalue weighted by Gasteiger charge is -2.15. The molecule has 96 valence electrons. The Kier molecular flexibility index (Phi) is 3.88. The van der Waals surface area contributed by atoms with Gasteiger partial charge in [0.05, 0.1) is 10.7 Å². The Balaban J connectivity index is 1.88. The second-order valence-electron chi connectivity index (χ2n) is 6.15. The van der Waals surface area contributed by atoms with Gasteiger partial charge in [-0.15, -0.1) is 11.3 Å². The zero-order chi connectivity index (χ0) is 12.5. The molecule has 2 nitrogen and oxygen atoms in total. The van der Waals surface area contributed by atoms with Gasteiger partial charge in [-0.1, -0.05) is 20.8 Å². The molecular weight excluding hydrogens is 228 g/mol. The van der Waals surface area contributed by atoms with Gasteiger partial charge in [0.15, 0.2) is 0 Å². The van der Waals surface area contributed by atoms with E-state index < -0.39 is 0 Å². The highest BCUT2D eigenvalue weighted by Crippen LogP contribution is 2.34. The first-order chi connectivity index (χ1) is 8.00. The van der Waals surface area contributed by atoms with Crippen LogP contribution in [0.3, 0.4) is 0 Å². The summed E-state index contributed by atoms with van der Waals surface area (Å²) in [6, 6.07) is 0.706. The van der Waals surface area contributed by atoms with Crippen molar-refractivity contribution in [3.63, 3.8) is 0 Å². The van der Waals surface area contributed by atoms with Crippen LogP contribution in [0.1, 0.15) is 50.7 Å². The molecule has 1 unspecified atom stereocenters. The third-order valence-electron chi connectivity index (χ3n) is 3.55. The molecule has 1 aromatic heterocycles. The van der Waals surface area contributed by atoms with Crippen LogP contribution in [0, 0.1) is 5.92 Å². The molecule has 2 rings (SSSR count). The predicted octanol–water partition coefficient (Wildman–Crippen LogP) is 3.37. The Bertz CT molecular complexity index is 361. The molecule has 1 heterocycles. The lowest BCUT2D eigenvalue weighted by atomic mass is 9.93. The Morgan fingerprint density at radius 3 is 2.65 bits per heavy atom. The van der Waals surface area contributed by atoms with Gasteiger partial charge in [-0.3, -0.25) is 0 Å². The van der Waals surface area contributed by atoms with Crippen LogP contribution in [-0.2, 0) is 11.8 Å². The summed E-state index contributed by atoms with van der Waals surface area (Å²) in [5.74, 6) is 0.932. The Morgan fingerprint density at radius 1 is 1.47 bits per heavy atom. The van der Waals surface area contributed by atoms with Gasteiger partial charge in [-0.25, -0.2) is 4.98 Å². The number of aromatic nitrogens is 1. The molecule has 0 amide bonds. The third kappa shape index (κ3) is 3.52. The molecule has 1 fully saturated rings. The number of rotatable bonds is 5. The van der Waals surface area contributed by atoms with E-state index in [1.165, 1.54) is 30.0 Å². The van der Waals surface area contributed by atoms with E-state index in [0.717, 1.165) is 12.3 Å².